The van der Waals surface area contributed by atoms with Crippen LogP contribution >= 0.6 is 0 Å². The number of likely N-dealkylation sites (tertiary alicyclic amines) is 1. The van der Waals surface area contributed by atoms with Crippen LogP contribution in [0.25, 0.3) is 0 Å². The van der Waals surface area contributed by atoms with E-state index >= 15 is 0 Å². The van der Waals surface area contributed by atoms with Crippen LogP contribution in [-0.2, 0) is 4.79 Å². The lowest BCUT2D eigenvalue weighted by Crippen LogP contribution is -2.29. The van der Waals surface area contributed by atoms with Crippen LogP contribution in [0, 0.1) is 10.1 Å². The van der Waals surface area contributed by atoms with Gasteiger partial charge in [0.25, 0.3) is 0 Å². The number of piperidine rings is 1. The first kappa shape index (κ1) is 11.0. The van der Waals surface area contributed by atoms with Gasteiger partial charge in [0.1, 0.15) is 5.78 Å². The molecule has 12 heavy (non-hydrogen) atoms. The van der Waals surface area contributed by atoms with Gasteiger partial charge >= 0.3 is 0 Å². The topological polar surface area (TPSA) is 63.5 Å². The van der Waals surface area contributed by atoms with Gasteiger partial charge in [0.05, 0.1) is 0 Å². The summed E-state index contributed by atoms with van der Waals surface area (Å²) in [6.07, 6.45) is 1.52. The van der Waals surface area contributed by atoms with E-state index in [2.05, 4.69) is 4.90 Å². The Kier molecular flexibility index (Phi) is 5.19. The molecule has 0 bridgehead atoms. The summed E-state index contributed by atoms with van der Waals surface area (Å²) < 4.78 is 0. The van der Waals surface area contributed by atoms with E-state index in [0.29, 0.717) is 5.78 Å². The molecule has 1 fully saturated rings. The van der Waals surface area contributed by atoms with Gasteiger partial charge in [-0.2, -0.15) is 0 Å². The number of hydrogen-bond donors (Lipinski definition) is 0. The normalized spacial score (nSPS) is 18.0. The third kappa shape index (κ3) is 7.14. The van der Waals surface area contributed by atoms with Crippen molar-refractivity contribution in [1.82, 2.24) is 4.90 Å². The molecule has 0 aliphatic carbocycles. The third-order valence-corrected chi connectivity index (χ3v) is 1.54. The Balaban J connectivity index is 0.000000261. The summed E-state index contributed by atoms with van der Waals surface area (Å²) in [4.78, 5) is 21.1. The van der Waals surface area contributed by atoms with Crippen molar-refractivity contribution in [3.63, 3.8) is 0 Å². The molecule has 0 aromatic heterocycles. The maximum atomic E-state index is 10.6. The summed E-state index contributed by atoms with van der Waals surface area (Å²) in [5.74, 6) is 0.420. The summed E-state index contributed by atoms with van der Waals surface area (Å²) in [5.41, 5.74) is 0. The van der Waals surface area contributed by atoms with E-state index in [-0.39, 0.29) is 0 Å². The Morgan fingerprint density at radius 2 is 1.75 bits per heavy atom. The molecule has 0 amide bonds. The third-order valence-electron chi connectivity index (χ3n) is 1.54. The Bertz CT molecular complexity index is 156. The average Bonchev–Trinajstić information content (AvgIpc) is 1.94. The monoisotopic (exact) mass is 174 g/mol. The molecule has 1 rings (SSSR count). The minimum absolute atomic E-state index is 0.420. The zero-order valence-corrected chi connectivity index (χ0v) is 7.45. The minimum atomic E-state index is -0.500. The second kappa shape index (κ2) is 5.65. The Hall–Kier alpha value is -0.970. The van der Waals surface area contributed by atoms with E-state index in [4.69, 9.17) is 10.1 Å². The lowest BCUT2D eigenvalue weighted by molar-refractivity contribution is -0.445. The first-order valence-electron chi connectivity index (χ1n) is 3.80. The molecule has 0 atom stereocenters. The van der Waals surface area contributed by atoms with Crippen LogP contribution in [0.3, 0.4) is 0 Å². The van der Waals surface area contributed by atoms with Gasteiger partial charge in [0.2, 0.25) is 0 Å². The molecule has 0 saturated carbocycles. The van der Waals surface area contributed by atoms with Gasteiger partial charge in [-0.25, -0.2) is 0 Å². The number of nitrogens with zero attached hydrogens (tertiary/aromatic N) is 2. The van der Waals surface area contributed by atoms with Crippen molar-refractivity contribution in [2.45, 2.75) is 12.8 Å². The molecule has 0 unspecified atom stereocenters. The fourth-order valence-corrected chi connectivity index (χ4v) is 0.868. The van der Waals surface area contributed by atoms with Crippen molar-refractivity contribution in [2.75, 3.05) is 27.2 Å². The number of carbonyl (C=O) groups is 1. The molecule has 0 aromatic carbocycles. The van der Waals surface area contributed by atoms with Crippen LogP contribution in [-0.4, -0.2) is 42.8 Å². The van der Waals surface area contributed by atoms with Gasteiger partial charge in [-0.1, -0.05) is 0 Å². The van der Waals surface area contributed by atoms with Gasteiger partial charge in [-0.3, -0.25) is 14.9 Å². The maximum Gasteiger partial charge on any atom is 0.194 e. The average molecular weight is 174 g/mol. The van der Waals surface area contributed by atoms with E-state index < -0.39 is 4.92 Å². The van der Waals surface area contributed by atoms with Crippen molar-refractivity contribution >= 4 is 5.78 Å². The van der Waals surface area contributed by atoms with Crippen LogP contribution < -0.4 is 0 Å². The molecule has 1 aliphatic heterocycles. The largest absolute Gasteiger partial charge is 0.305 e. The smallest absolute Gasteiger partial charge is 0.194 e. The van der Waals surface area contributed by atoms with E-state index in [9.17, 15) is 4.79 Å². The highest BCUT2D eigenvalue weighted by atomic mass is 16.6. The maximum absolute atomic E-state index is 10.6. The Morgan fingerprint density at radius 3 is 2.00 bits per heavy atom. The highest BCUT2D eigenvalue weighted by Gasteiger charge is 2.10. The first-order chi connectivity index (χ1) is 5.52. The van der Waals surface area contributed by atoms with Crippen LogP contribution in [0.2, 0.25) is 0 Å². The molecule has 0 spiro atoms. The zero-order chi connectivity index (χ0) is 9.56. The van der Waals surface area contributed by atoms with Crippen LogP contribution in [0.5, 0.6) is 0 Å². The molecular weight excluding hydrogens is 160 g/mol. The Labute approximate surface area is 71.5 Å². The molecule has 0 radical (unpaired) electrons. The lowest BCUT2D eigenvalue weighted by Gasteiger charge is -2.19. The van der Waals surface area contributed by atoms with Gasteiger partial charge in [-0.15, -0.1) is 0 Å². The molecule has 5 heteroatoms. The second-order valence-corrected chi connectivity index (χ2v) is 2.78. The van der Waals surface area contributed by atoms with Crippen LogP contribution in [0.4, 0.5) is 0 Å². The number of hydrogen-bond acceptors (Lipinski definition) is 4. The molecule has 70 valence electrons. The van der Waals surface area contributed by atoms with Crippen molar-refractivity contribution < 1.29 is 9.72 Å². The van der Waals surface area contributed by atoms with Gasteiger partial charge in [-0.05, 0) is 7.05 Å². The van der Waals surface area contributed by atoms with Crippen molar-refractivity contribution in [2.24, 2.45) is 0 Å². The lowest BCUT2D eigenvalue weighted by atomic mass is 10.1. The fraction of sp³-hybridized carbons (Fsp3) is 0.857. The number of rotatable bonds is 0. The number of nitro groups is 1. The van der Waals surface area contributed by atoms with Gasteiger partial charge in [0.15, 0.2) is 7.05 Å². The fourth-order valence-electron chi connectivity index (χ4n) is 0.868. The van der Waals surface area contributed by atoms with E-state index in [1.165, 1.54) is 0 Å². The SMILES string of the molecule is CN1CCC(=O)CC1.C[N+](=O)[O-]. The highest BCUT2D eigenvalue weighted by molar-refractivity contribution is 5.79. The Morgan fingerprint density at radius 1 is 1.42 bits per heavy atom. The molecule has 0 aromatic rings. The van der Waals surface area contributed by atoms with Crippen molar-refractivity contribution in [3.8, 4) is 0 Å². The standard InChI is InChI=1S/C6H11NO.CH3NO2/c1-7-4-2-6(8)3-5-7;1-2(3)4/h2-5H2,1H3;1H3. The van der Waals surface area contributed by atoms with E-state index in [1.54, 1.807) is 0 Å². The quantitative estimate of drug-likeness (QED) is 0.388. The van der Waals surface area contributed by atoms with E-state index in [0.717, 1.165) is 33.0 Å². The molecule has 0 N–H and O–H groups in total. The minimum Gasteiger partial charge on any atom is -0.305 e. The van der Waals surface area contributed by atoms with Crippen molar-refractivity contribution in [1.29, 1.82) is 0 Å². The number of carbonyl (C=O) groups excluding carboxylic acids is 1. The summed E-state index contributed by atoms with van der Waals surface area (Å²) in [6, 6.07) is 0. The van der Waals surface area contributed by atoms with Gasteiger partial charge in [0, 0.05) is 30.9 Å². The predicted molar refractivity (Wildman–Crippen MR) is 44.7 cm³/mol. The van der Waals surface area contributed by atoms with Crippen LogP contribution in [0.1, 0.15) is 12.8 Å². The molecule has 1 aliphatic rings. The second-order valence-electron chi connectivity index (χ2n) is 2.78. The summed E-state index contributed by atoms with van der Waals surface area (Å²) in [5, 5.41) is 8.81. The summed E-state index contributed by atoms with van der Waals surface area (Å²) in [6.45, 7) is 1.91. The molecular formula is C7H14N2O3. The summed E-state index contributed by atoms with van der Waals surface area (Å²) >= 11 is 0. The van der Waals surface area contributed by atoms with Gasteiger partial charge < -0.3 is 4.90 Å². The van der Waals surface area contributed by atoms with E-state index in [1.807, 2.05) is 7.05 Å². The zero-order valence-electron chi connectivity index (χ0n) is 7.45. The number of Topliss-reactive ketones (excluding diaryl/α,β-unsaturated/α-hetero) is 1. The molecule has 1 heterocycles. The molecule has 5 nitrogen and oxygen atoms in total. The van der Waals surface area contributed by atoms with Crippen molar-refractivity contribution in [3.05, 3.63) is 10.1 Å². The van der Waals surface area contributed by atoms with Crippen LogP contribution in [0.15, 0.2) is 0 Å². The number of ketones is 1. The molecule has 1 saturated heterocycles. The first-order valence-corrected chi connectivity index (χ1v) is 3.80. The summed E-state index contributed by atoms with van der Waals surface area (Å²) in [7, 11) is 2.94. The highest BCUT2D eigenvalue weighted by Crippen LogP contribution is 2.01. The predicted octanol–water partition coefficient (Wildman–Crippen LogP) is 0.174.